The third-order valence-electron chi connectivity index (χ3n) is 3.63. The smallest absolute Gasteiger partial charge is 0.409 e. The Morgan fingerprint density at radius 1 is 1.00 bits per heavy atom. The van der Waals surface area contributed by atoms with Crippen molar-refractivity contribution < 1.29 is 19.0 Å². The van der Waals surface area contributed by atoms with Gasteiger partial charge < -0.3 is 19.1 Å². The molecule has 0 saturated heterocycles. The molecule has 5 heteroatoms. The molecule has 1 amide bonds. The van der Waals surface area contributed by atoms with Gasteiger partial charge in [-0.25, -0.2) is 4.79 Å². The van der Waals surface area contributed by atoms with E-state index in [2.05, 4.69) is 0 Å². The van der Waals surface area contributed by atoms with Crippen LogP contribution in [-0.4, -0.2) is 39.3 Å². The van der Waals surface area contributed by atoms with E-state index in [0.717, 1.165) is 16.7 Å². The van der Waals surface area contributed by atoms with Crippen molar-refractivity contribution in [2.45, 2.75) is 13.5 Å². The average Bonchev–Trinajstić information content (AvgIpc) is 2.59. The molecule has 0 aromatic heterocycles. The third kappa shape index (κ3) is 3.98. The van der Waals surface area contributed by atoms with Crippen molar-refractivity contribution in [1.29, 1.82) is 0 Å². The lowest BCUT2D eigenvalue weighted by atomic mass is 10.00. The van der Waals surface area contributed by atoms with E-state index in [-0.39, 0.29) is 6.61 Å². The zero-order valence-corrected chi connectivity index (χ0v) is 14.8. The maximum atomic E-state index is 11.6. The van der Waals surface area contributed by atoms with Crippen LogP contribution < -0.4 is 9.47 Å². The highest BCUT2D eigenvalue weighted by Crippen LogP contribution is 2.39. The molecular formula is C19H23NO4. The van der Waals surface area contributed by atoms with Crippen LogP contribution in [0.1, 0.15) is 11.1 Å². The molecule has 0 bridgehead atoms. The van der Waals surface area contributed by atoms with Crippen molar-refractivity contribution in [2.24, 2.45) is 0 Å². The number of benzene rings is 2. The molecule has 128 valence electrons. The van der Waals surface area contributed by atoms with Gasteiger partial charge in [-0.3, -0.25) is 0 Å². The number of methoxy groups -OCH3 is 2. The lowest BCUT2D eigenvalue weighted by Gasteiger charge is -2.17. The lowest BCUT2D eigenvalue weighted by Crippen LogP contribution is -2.22. The summed E-state index contributed by atoms with van der Waals surface area (Å²) in [6.07, 6.45) is -0.393. The molecule has 24 heavy (non-hydrogen) atoms. The van der Waals surface area contributed by atoms with Crippen LogP contribution in [0.5, 0.6) is 11.5 Å². The second kappa shape index (κ2) is 7.73. The van der Waals surface area contributed by atoms with Crippen molar-refractivity contribution in [3.63, 3.8) is 0 Å². The third-order valence-corrected chi connectivity index (χ3v) is 3.63. The monoisotopic (exact) mass is 329 g/mol. The van der Waals surface area contributed by atoms with Crippen molar-refractivity contribution in [3.8, 4) is 22.6 Å². The van der Waals surface area contributed by atoms with E-state index in [1.807, 2.05) is 43.3 Å². The van der Waals surface area contributed by atoms with Crippen LogP contribution in [0.25, 0.3) is 11.1 Å². The molecule has 0 spiro atoms. The van der Waals surface area contributed by atoms with Crippen LogP contribution in [0.3, 0.4) is 0 Å². The minimum absolute atomic E-state index is 0.151. The lowest BCUT2D eigenvalue weighted by molar-refractivity contribution is 0.112. The van der Waals surface area contributed by atoms with Gasteiger partial charge in [-0.15, -0.1) is 0 Å². The highest BCUT2D eigenvalue weighted by Gasteiger charge is 2.16. The Bertz CT molecular complexity index is 683. The first-order valence-corrected chi connectivity index (χ1v) is 7.62. The molecule has 2 rings (SSSR count). The van der Waals surface area contributed by atoms with Gasteiger partial charge in [0.25, 0.3) is 0 Å². The molecule has 2 aromatic carbocycles. The normalized spacial score (nSPS) is 10.2. The summed E-state index contributed by atoms with van der Waals surface area (Å²) in [6.45, 7) is 2.19. The quantitative estimate of drug-likeness (QED) is 0.835. The molecule has 2 aromatic rings. The summed E-state index contributed by atoms with van der Waals surface area (Å²) < 4.78 is 16.3. The van der Waals surface area contributed by atoms with E-state index < -0.39 is 6.09 Å². The first kappa shape index (κ1) is 17.7. The van der Waals surface area contributed by atoms with E-state index in [1.165, 1.54) is 10.5 Å². The molecule has 0 aliphatic carbocycles. The SMILES string of the molecule is COc1cc(COC(=O)N(C)C)cc(OC)c1-c1ccc(C)cc1. The van der Waals surface area contributed by atoms with Crippen LogP contribution in [0.2, 0.25) is 0 Å². The fourth-order valence-electron chi connectivity index (χ4n) is 2.33. The van der Waals surface area contributed by atoms with E-state index in [0.29, 0.717) is 11.5 Å². The van der Waals surface area contributed by atoms with Crippen molar-refractivity contribution >= 4 is 6.09 Å². The van der Waals surface area contributed by atoms with Crippen LogP contribution in [0.4, 0.5) is 4.79 Å². The second-order valence-electron chi connectivity index (χ2n) is 5.69. The van der Waals surface area contributed by atoms with Gasteiger partial charge in [0.15, 0.2) is 0 Å². The Labute approximate surface area is 142 Å². The Hall–Kier alpha value is -2.69. The molecule has 0 unspecified atom stereocenters. The molecule has 0 aliphatic rings. The molecule has 0 fully saturated rings. The number of nitrogens with zero attached hydrogens (tertiary/aromatic N) is 1. The number of hydrogen-bond acceptors (Lipinski definition) is 4. The van der Waals surface area contributed by atoms with Crippen LogP contribution >= 0.6 is 0 Å². The molecule has 0 atom stereocenters. The number of rotatable bonds is 5. The van der Waals surface area contributed by atoms with Crippen molar-refractivity contribution in [1.82, 2.24) is 4.90 Å². The van der Waals surface area contributed by atoms with Gasteiger partial charge >= 0.3 is 6.09 Å². The number of ether oxygens (including phenoxy) is 3. The Balaban J connectivity index is 2.38. The fraction of sp³-hybridized carbons (Fsp3) is 0.316. The predicted molar refractivity (Wildman–Crippen MR) is 93.6 cm³/mol. The molecule has 0 radical (unpaired) electrons. The minimum Gasteiger partial charge on any atom is -0.496 e. The largest absolute Gasteiger partial charge is 0.496 e. The number of carbonyl (C=O) groups is 1. The number of hydrogen-bond donors (Lipinski definition) is 0. The highest BCUT2D eigenvalue weighted by molar-refractivity contribution is 5.77. The van der Waals surface area contributed by atoms with Crippen molar-refractivity contribution in [2.75, 3.05) is 28.3 Å². The van der Waals surface area contributed by atoms with Gasteiger partial charge in [0.05, 0.1) is 19.8 Å². The van der Waals surface area contributed by atoms with Crippen molar-refractivity contribution in [3.05, 3.63) is 47.5 Å². The van der Waals surface area contributed by atoms with E-state index in [9.17, 15) is 4.79 Å². The molecule has 0 saturated carbocycles. The number of amides is 1. The summed E-state index contributed by atoms with van der Waals surface area (Å²) in [4.78, 5) is 13.0. The highest BCUT2D eigenvalue weighted by atomic mass is 16.6. The van der Waals surface area contributed by atoms with Gasteiger partial charge in [0, 0.05) is 14.1 Å². The van der Waals surface area contributed by atoms with Crippen LogP contribution in [0, 0.1) is 6.92 Å². The zero-order valence-electron chi connectivity index (χ0n) is 14.8. The minimum atomic E-state index is -0.393. The van der Waals surface area contributed by atoms with Crippen LogP contribution in [0.15, 0.2) is 36.4 Å². The van der Waals surface area contributed by atoms with Gasteiger partial charge in [-0.1, -0.05) is 29.8 Å². The second-order valence-corrected chi connectivity index (χ2v) is 5.69. The summed E-state index contributed by atoms with van der Waals surface area (Å²) in [5.74, 6) is 1.35. The number of carbonyl (C=O) groups excluding carboxylic acids is 1. The molecule has 5 nitrogen and oxygen atoms in total. The van der Waals surface area contributed by atoms with Gasteiger partial charge in [-0.05, 0) is 30.2 Å². The summed E-state index contributed by atoms with van der Waals surface area (Å²) >= 11 is 0. The predicted octanol–water partition coefficient (Wildman–Crippen LogP) is 3.88. The fourth-order valence-corrected chi connectivity index (χ4v) is 2.33. The maximum Gasteiger partial charge on any atom is 0.409 e. The Kier molecular flexibility index (Phi) is 5.68. The summed E-state index contributed by atoms with van der Waals surface area (Å²) in [5, 5.41) is 0. The zero-order chi connectivity index (χ0) is 17.7. The van der Waals surface area contributed by atoms with Crippen LogP contribution in [-0.2, 0) is 11.3 Å². The van der Waals surface area contributed by atoms with Gasteiger partial charge in [0.1, 0.15) is 18.1 Å². The molecule has 0 N–H and O–H groups in total. The van der Waals surface area contributed by atoms with E-state index in [1.54, 1.807) is 28.3 Å². The number of aryl methyl sites for hydroxylation is 1. The molecular weight excluding hydrogens is 306 g/mol. The summed E-state index contributed by atoms with van der Waals surface area (Å²) in [7, 11) is 6.51. The maximum absolute atomic E-state index is 11.6. The van der Waals surface area contributed by atoms with Gasteiger partial charge in [0.2, 0.25) is 0 Å². The van der Waals surface area contributed by atoms with Gasteiger partial charge in [-0.2, -0.15) is 0 Å². The summed E-state index contributed by atoms with van der Waals surface area (Å²) in [6, 6.07) is 11.9. The van der Waals surface area contributed by atoms with E-state index in [4.69, 9.17) is 14.2 Å². The average molecular weight is 329 g/mol. The van der Waals surface area contributed by atoms with E-state index >= 15 is 0 Å². The standard InChI is InChI=1S/C19H23NO4/c1-13-6-8-15(9-7-13)18-16(22-4)10-14(11-17(18)23-5)12-24-19(21)20(2)3/h6-11H,12H2,1-5H3. The Morgan fingerprint density at radius 3 is 2.00 bits per heavy atom. The molecule has 0 heterocycles. The first-order valence-electron chi connectivity index (χ1n) is 7.62. The first-order chi connectivity index (χ1) is 11.5. The molecule has 0 aliphatic heterocycles. The Morgan fingerprint density at radius 2 is 1.54 bits per heavy atom. The topological polar surface area (TPSA) is 48.0 Å². The summed E-state index contributed by atoms with van der Waals surface area (Å²) in [5.41, 5.74) is 3.87.